The Kier molecular flexibility index (Phi) is 4.27. The van der Waals surface area contributed by atoms with Gasteiger partial charge in [0.05, 0.1) is 10.7 Å². The van der Waals surface area contributed by atoms with Gasteiger partial charge in [0, 0.05) is 17.8 Å². The molecule has 0 radical (unpaired) electrons. The molecular formula is C12H10ClF4N5. The molecule has 0 fully saturated rings. The SMILES string of the molecule is CC(N)=CC(=Nc1ccc(Cl)c(F)c1)n1nc(C(F)(F)F)[nH]1. The van der Waals surface area contributed by atoms with Gasteiger partial charge in [0.1, 0.15) is 5.82 Å². The second kappa shape index (κ2) is 5.84. The molecule has 2 rings (SSSR count). The first-order valence-electron chi connectivity index (χ1n) is 5.87. The molecule has 0 aliphatic carbocycles. The van der Waals surface area contributed by atoms with Crippen molar-refractivity contribution in [3.63, 3.8) is 0 Å². The van der Waals surface area contributed by atoms with Gasteiger partial charge in [-0.1, -0.05) is 11.6 Å². The number of aromatic nitrogens is 3. The van der Waals surface area contributed by atoms with E-state index in [1.807, 2.05) is 5.10 Å². The van der Waals surface area contributed by atoms with Gasteiger partial charge in [0.15, 0.2) is 5.84 Å². The van der Waals surface area contributed by atoms with Crippen molar-refractivity contribution in [3.8, 4) is 0 Å². The summed E-state index contributed by atoms with van der Waals surface area (Å²) in [4.78, 5) is 4.77. The lowest BCUT2D eigenvalue weighted by molar-refractivity contribution is -0.150. The van der Waals surface area contributed by atoms with Crippen molar-refractivity contribution in [3.05, 3.63) is 46.6 Å². The van der Waals surface area contributed by atoms with E-state index in [0.29, 0.717) is 0 Å². The summed E-state index contributed by atoms with van der Waals surface area (Å²) in [7, 11) is 0. The van der Waals surface area contributed by atoms with Gasteiger partial charge >= 0.3 is 6.18 Å². The largest absolute Gasteiger partial charge is 0.452 e. The van der Waals surface area contributed by atoms with Crippen molar-refractivity contribution in [2.75, 3.05) is 0 Å². The van der Waals surface area contributed by atoms with Gasteiger partial charge in [-0.2, -0.15) is 18.0 Å². The molecular weight excluding hydrogens is 326 g/mol. The van der Waals surface area contributed by atoms with Crippen LogP contribution in [0.4, 0.5) is 23.2 Å². The number of alkyl halides is 3. The number of nitrogens with two attached hydrogens (primary N) is 1. The summed E-state index contributed by atoms with van der Waals surface area (Å²) < 4.78 is 50.4. The first kappa shape index (κ1) is 16.1. The third kappa shape index (κ3) is 3.67. The van der Waals surface area contributed by atoms with Gasteiger partial charge in [-0.25, -0.2) is 9.38 Å². The fourth-order valence-corrected chi connectivity index (χ4v) is 1.58. The lowest BCUT2D eigenvalue weighted by atomic mass is 10.3. The average molecular weight is 336 g/mol. The van der Waals surface area contributed by atoms with Crippen LogP contribution in [0.1, 0.15) is 12.7 Å². The zero-order chi connectivity index (χ0) is 16.5. The molecule has 0 atom stereocenters. The average Bonchev–Trinajstić information content (AvgIpc) is 2.29. The number of hydrogen-bond donors (Lipinski definition) is 2. The van der Waals surface area contributed by atoms with Crippen molar-refractivity contribution in [2.45, 2.75) is 13.1 Å². The fraction of sp³-hybridized carbons (Fsp3) is 0.167. The standard InChI is InChI=1S/C12H10ClF4N5/c1-6(18)4-10(22-20-11(21-22)12(15,16)17)19-7-2-3-8(13)9(14)5-7/h2-5H,18H2,1H3,(H,20,21). The van der Waals surface area contributed by atoms with Crippen LogP contribution < -0.4 is 5.73 Å². The van der Waals surface area contributed by atoms with Crippen molar-refractivity contribution >= 4 is 23.1 Å². The van der Waals surface area contributed by atoms with Crippen LogP contribution >= 0.6 is 11.6 Å². The smallest absolute Gasteiger partial charge is 0.402 e. The highest BCUT2D eigenvalue weighted by Gasteiger charge is 2.37. The number of aliphatic imine (C=N–C) groups is 1. The van der Waals surface area contributed by atoms with Crippen LogP contribution in [0.25, 0.3) is 0 Å². The number of allylic oxidation sites excluding steroid dienone is 2. The number of nitrogens with one attached hydrogen (secondary N) is 1. The summed E-state index contributed by atoms with van der Waals surface area (Å²) in [6.07, 6.45) is -3.30. The minimum Gasteiger partial charge on any atom is -0.402 e. The Morgan fingerprint density at radius 1 is 1.45 bits per heavy atom. The molecule has 0 spiro atoms. The summed E-state index contributed by atoms with van der Waals surface area (Å²) in [6, 6.07) is 3.72. The Morgan fingerprint density at radius 3 is 2.59 bits per heavy atom. The van der Waals surface area contributed by atoms with Crippen LogP contribution in [0.5, 0.6) is 0 Å². The number of halogens is 5. The number of nitrogens with zero attached hydrogens (tertiary/aromatic N) is 3. The maximum Gasteiger partial charge on any atom is 0.452 e. The van der Waals surface area contributed by atoms with Crippen LogP contribution in [-0.2, 0) is 6.18 Å². The molecule has 118 valence electrons. The summed E-state index contributed by atoms with van der Waals surface area (Å²) in [5, 5.41) is 5.13. The highest BCUT2D eigenvalue weighted by Crippen LogP contribution is 2.26. The lowest BCUT2D eigenvalue weighted by Gasteiger charge is -2.15. The number of hydrogen-bond acceptors (Lipinski definition) is 3. The van der Waals surface area contributed by atoms with E-state index in [1.54, 1.807) is 0 Å². The summed E-state index contributed by atoms with van der Waals surface area (Å²) in [6.45, 7) is 1.52. The summed E-state index contributed by atoms with van der Waals surface area (Å²) >= 11 is 5.55. The van der Waals surface area contributed by atoms with Gasteiger partial charge in [-0.15, -0.1) is 5.10 Å². The Hall–Kier alpha value is -2.29. The molecule has 5 nitrogen and oxygen atoms in total. The molecule has 22 heavy (non-hydrogen) atoms. The van der Waals surface area contributed by atoms with Crippen LogP contribution in [0.2, 0.25) is 5.02 Å². The van der Waals surface area contributed by atoms with Crippen molar-refractivity contribution in [1.82, 2.24) is 15.0 Å². The van der Waals surface area contributed by atoms with Crippen LogP contribution in [0.3, 0.4) is 0 Å². The molecule has 1 aromatic heterocycles. The maximum atomic E-state index is 13.4. The number of aromatic amines is 1. The van der Waals surface area contributed by atoms with Gasteiger partial charge in [0.2, 0.25) is 0 Å². The second-order valence-corrected chi connectivity index (χ2v) is 4.73. The normalized spacial score (nSPS) is 13.7. The summed E-state index contributed by atoms with van der Waals surface area (Å²) in [5.74, 6) is -1.90. The molecule has 10 heteroatoms. The third-order valence-corrected chi connectivity index (χ3v) is 2.71. The van der Waals surface area contributed by atoms with E-state index in [0.717, 1.165) is 10.9 Å². The first-order chi connectivity index (χ1) is 10.2. The lowest BCUT2D eigenvalue weighted by Crippen LogP contribution is -2.30. The molecule has 0 unspecified atom stereocenters. The predicted molar refractivity (Wildman–Crippen MR) is 73.4 cm³/mol. The molecule has 0 aliphatic rings. The maximum absolute atomic E-state index is 13.4. The number of H-pyrrole nitrogens is 1. The second-order valence-electron chi connectivity index (χ2n) is 4.33. The fourth-order valence-electron chi connectivity index (χ4n) is 1.46. The monoisotopic (exact) mass is 335 g/mol. The van der Waals surface area contributed by atoms with E-state index in [4.69, 9.17) is 17.3 Å². The zero-order valence-electron chi connectivity index (χ0n) is 11.1. The van der Waals surface area contributed by atoms with Gasteiger partial charge < -0.3 is 5.73 Å². The minimum absolute atomic E-state index is 0.0327. The molecule has 1 heterocycles. The minimum atomic E-state index is -4.59. The van der Waals surface area contributed by atoms with Gasteiger partial charge in [0.25, 0.3) is 5.82 Å². The Labute approximate surface area is 127 Å². The molecule has 2 aromatic rings. The Bertz CT molecular complexity index is 725. The van der Waals surface area contributed by atoms with E-state index in [2.05, 4.69) is 10.1 Å². The quantitative estimate of drug-likeness (QED) is 0.501. The summed E-state index contributed by atoms with van der Waals surface area (Å²) in [5.41, 5.74) is 5.93. The van der Waals surface area contributed by atoms with Crippen LogP contribution in [-0.4, -0.2) is 20.8 Å². The topological polar surface area (TPSA) is 72.0 Å². The van der Waals surface area contributed by atoms with E-state index in [1.165, 1.54) is 25.1 Å². The van der Waals surface area contributed by atoms with E-state index in [9.17, 15) is 17.6 Å². The molecule has 0 bridgehead atoms. The highest BCUT2D eigenvalue weighted by molar-refractivity contribution is 6.30. The molecule has 0 saturated carbocycles. The van der Waals surface area contributed by atoms with Crippen molar-refractivity contribution in [1.29, 1.82) is 0 Å². The molecule has 0 amide bonds. The first-order valence-corrected chi connectivity index (χ1v) is 6.24. The molecule has 0 aliphatic heterocycles. The molecule has 0 saturated heterocycles. The number of benzene rings is 1. The predicted octanol–water partition coefficient (Wildman–Crippen LogP) is 3.46. The van der Waals surface area contributed by atoms with E-state index in [-0.39, 0.29) is 22.2 Å². The zero-order valence-corrected chi connectivity index (χ0v) is 11.9. The van der Waals surface area contributed by atoms with Gasteiger partial charge in [-0.05, 0) is 19.1 Å². The molecule has 1 aromatic carbocycles. The van der Waals surface area contributed by atoms with E-state index >= 15 is 0 Å². The van der Waals surface area contributed by atoms with Crippen LogP contribution in [0, 0.1) is 5.82 Å². The molecule has 3 N–H and O–H groups in total. The third-order valence-electron chi connectivity index (χ3n) is 2.40. The Balaban J connectivity index is 2.39. The highest BCUT2D eigenvalue weighted by atomic mass is 35.5. The van der Waals surface area contributed by atoms with Crippen molar-refractivity contribution < 1.29 is 17.6 Å². The van der Waals surface area contributed by atoms with E-state index < -0.39 is 17.8 Å². The van der Waals surface area contributed by atoms with Gasteiger partial charge in [-0.3, -0.25) is 5.10 Å². The Morgan fingerprint density at radius 2 is 2.09 bits per heavy atom. The number of rotatable bonds is 2. The van der Waals surface area contributed by atoms with Crippen LogP contribution in [0.15, 0.2) is 35.0 Å². The van der Waals surface area contributed by atoms with Crippen molar-refractivity contribution in [2.24, 2.45) is 10.7 Å².